The molecule has 0 bridgehead atoms. The fourth-order valence-corrected chi connectivity index (χ4v) is 6.24. The summed E-state index contributed by atoms with van der Waals surface area (Å²) < 4.78 is 50.4. The maximum absolute atomic E-state index is 14.3. The van der Waals surface area contributed by atoms with Crippen LogP contribution in [0.3, 0.4) is 0 Å². The number of rotatable bonds is 15. The monoisotopic (exact) mass is 832 g/mol. The topological polar surface area (TPSA) is 434 Å². The number of phosphoric acid groups is 3. The minimum absolute atomic E-state index is 0. The van der Waals surface area contributed by atoms with Crippen molar-refractivity contribution in [1.82, 2.24) is 36.9 Å². The van der Waals surface area contributed by atoms with Gasteiger partial charge in [-0.1, -0.05) is 41.0 Å². The predicted octanol–water partition coefficient (Wildman–Crippen LogP) is 7.61. The number of nitrogens with zero attached hydrogens (tertiary/aromatic N) is 2. The molecule has 54 heavy (non-hydrogen) atoms. The molecule has 0 atom stereocenters. The number of carbonyl (C=O) groups is 1. The van der Waals surface area contributed by atoms with Crippen LogP contribution in [-0.2, 0) is 13.7 Å². The van der Waals surface area contributed by atoms with E-state index in [1.807, 2.05) is 20.8 Å². The summed E-state index contributed by atoms with van der Waals surface area (Å²) in [7, 11) is -15.7. The van der Waals surface area contributed by atoms with Crippen molar-refractivity contribution >= 4 is 46.4 Å². The van der Waals surface area contributed by atoms with Gasteiger partial charge in [0.2, 0.25) is 0 Å². The molecule has 0 aromatic heterocycles. The molecule has 1 aliphatic heterocycles. The third-order valence-electron chi connectivity index (χ3n) is 7.05. The second-order valence-electron chi connectivity index (χ2n) is 11.3. The molecule has 1 heterocycles. The summed E-state index contributed by atoms with van der Waals surface area (Å²) in [5.74, 6) is -2.36. The second-order valence-corrected chi connectivity index (χ2v) is 14.8. The lowest BCUT2D eigenvalue weighted by Gasteiger charge is -2.29. The molecule has 1 aliphatic rings. The van der Waals surface area contributed by atoms with Crippen molar-refractivity contribution in [3.63, 3.8) is 0 Å². The van der Waals surface area contributed by atoms with Crippen LogP contribution in [0.15, 0.2) is 65.3 Å². The molecule has 2 aromatic carbocycles. The summed E-state index contributed by atoms with van der Waals surface area (Å²) in [6.45, 7) is 9.41. The largest absolute Gasteiger partial charge is 0.524 e. The average Bonchev–Trinajstić information content (AvgIpc) is 3.02. The SMILES string of the molecule is CCN1c2c(OP(=O)(O)O)cccc2C(=O)N(CC=C(C)CCC=C(C)CCC=C(C)C)c2cc(OP(=O)(O)O)cc(OP(=O)(O)O)c21.N.N.N.N.N.N. The van der Waals surface area contributed by atoms with E-state index in [1.54, 1.807) is 13.0 Å². The van der Waals surface area contributed by atoms with E-state index in [0.717, 1.165) is 37.0 Å². The number of benzene rings is 2. The Morgan fingerprint density at radius 2 is 1.17 bits per heavy atom. The van der Waals surface area contributed by atoms with Crippen LogP contribution in [0.25, 0.3) is 0 Å². The van der Waals surface area contributed by atoms with Crippen molar-refractivity contribution in [2.45, 2.75) is 60.3 Å². The van der Waals surface area contributed by atoms with E-state index in [-0.39, 0.29) is 72.6 Å². The van der Waals surface area contributed by atoms with Gasteiger partial charge in [-0.25, -0.2) is 13.7 Å². The molecule has 0 fully saturated rings. The summed E-state index contributed by atoms with van der Waals surface area (Å²) in [4.78, 5) is 74.5. The van der Waals surface area contributed by atoms with Crippen LogP contribution in [0.4, 0.5) is 17.1 Å². The van der Waals surface area contributed by atoms with Crippen molar-refractivity contribution in [2.75, 3.05) is 22.9 Å². The number of para-hydroxylation sites is 1. The molecule has 0 aliphatic carbocycles. The van der Waals surface area contributed by atoms with E-state index in [9.17, 15) is 47.9 Å². The van der Waals surface area contributed by atoms with Crippen molar-refractivity contribution in [2.24, 2.45) is 0 Å². The van der Waals surface area contributed by atoms with Gasteiger partial charge in [0.25, 0.3) is 5.91 Å². The molecule has 1 amide bonds. The maximum atomic E-state index is 14.3. The van der Waals surface area contributed by atoms with Gasteiger partial charge in [0, 0.05) is 25.2 Å². The summed E-state index contributed by atoms with van der Waals surface area (Å²) in [5, 5.41) is 0. The molecule has 3 rings (SSSR count). The smallest absolute Gasteiger partial charge is 0.404 e. The molecular weight excluding hydrogens is 773 g/mol. The van der Waals surface area contributed by atoms with Crippen molar-refractivity contribution in [1.29, 1.82) is 0 Å². The van der Waals surface area contributed by atoms with Gasteiger partial charge in [-0.2, -0.15) is 0 Å². The number of carbonyl (C=O) groups excluding carboxylic acids is 1. The highest BCUT2D eigenvalue weighted by Crippen LogP contribution is 2.56. The summed E-state index contributed by atoms with van der Waals surface area (Å²) >= 11 is 0. The van der Waals surface area contributed by atoms with E-state index in [2.05, 4.69) is 19.1 Å². The Kier molecular flexibility index (Phi) is 24.9. The van der Waals surface area contributed by atoms with Crippen LogP contribution in [0, 0.1) is 0 Å². The van der Waals surface area contributed by atoms with Gasteiger partial charge >= 0.3 is 23.5 Å². The van der Waals surface area contributed by atoms with Crippen LogP contribution < -0.4 is 60.3 Å². The minimum atomic E-state index is -5.34. The van der Waals surface area contributed by atoms with Crippen LogP contribution in [0.5, 0.6) is 17.2 Å². The highest BCUT2D eigenvalue weighted by Gasteiger charge is 2.38. The zero-order valence-electron chi connectivity index (χ0n) is 31.4. The molecule has 0 spiro atoms. The standard InChI is InChI=1S/C30H41N2O13P3.6H3N/c1-6-31-28-24(14-9-15-26(28)44-47(37,38)39)30(33)32(17-16-22(5)13-8-12-21(4)11-7-10-20(2)3)25-18-23(43-46(34,35)36)19-27(29(25)31)45-48(40,41)42;;;;;;/h9-10,12,14-16,18-19H,6-8,11,13,17H2,1-5H3,(H2,34,35,36)(H2,37,38,39)(H2,40,41,42);6*1H3. The molecule has 312 valence electrons. The lowest BCUT2D eigenvalue weighted by atomic mass is 10.1. The predicted molar refractivity (Wildman–Crippen MR) is 211 cm³/mol. The first kappa shape index (κ1) is 57.3. The fourth-order valence-electron chi connectivity index (χ4n) is 5.06. The number of hydrogen-bond acceptors (Lipinski definition) is 14. The fraction of sp³-hybridized carbons (Fsp3) is 0.367. The quantitative estimate of drug-likeness (QED) is 0.0606. The van der Waals surface area contributed by atoms with Gasteiger partial charge in [0.15, 0.2) is 11.5 Å². The van der Waals surface area contributed by atoms with Crippen molar-refractivity contribution in [3.05, 3.63) is 70.8 Å². The molecule has 21 nitrogen and oxygen atoms in total. The summed E-state index contributed by atoms with van der Waals surface area (Å²) in [6, 6.07) is 5.84. The van der Waals surface area contributed by atoms with Gasteiger partial charge in [0.1, 0.15) is 11.4 Å². The zero-order chi connectivity index (χ0) is 36.0. The Labute approximate surface area is 315 Å². The molecule has 0 unspecified atom stereocenters. The first-order chi connectivity index (χ1) is 22.2. The Bertz CT molecular complexity index is 1770. The normalized spacial score (nSPS) is 12.7. The molecule has 0 saturated heterocycles. The van der Waals surface area contributed by atoms with Gasteiger partial charge in [-0.3, -0.25) is 34.2 Å². The average molecular weight is 833 g/mol. The lowest BCUT2D eigenvalue weighted by Crippen LogP contribution is -2.30. The minimum Gasteiger partial charge on any atom is -0.404 e. The third-order valence-corrected chi connectivity index (χ3v) is 8.37. The molecular formula is C30H59N8O13P3. The third kappa shape index (κ3) is 16.9. The number of phosphoric ester groups is 3. The second kappa shape index (κ2) is 23.5. The van der Waals surface area contributed by atoms with Crippen LogP contribution >= 0.6 is 23.5 Å². The highest BCUT2D eigenvalue weighted by molar-refractivity contribution is 7.47. The van der Waals surface area contributed by atoms with Crippen LogP contribution in [0.1, 0.15) is 70.7 Å². The molecule has 24 N–H and O–H groups in total. The number of fused-ring (bicyclic) bond motifs is 2. The molecule has 2 aromatic rings. The number of anilines is 3. The Morgan fingerprint density at radius 1 is 0.667 bits per heavy atom. The number of amides is 1. The van der Waals surface area contributed by atoms with Crippen molar-refractivity contribution in [3.8, 4) is 17.2 Å². The van der Waals surface area contributed by atoms with Gasteiger partial charge in [-0.05, 0) is 72.4 Å². The lowest BCUT2D eigenvalue weighted by molar-refractivity contribution is 0.0990. The van der Waals surface area contributed by atoms with Crippen LogP contribution in [0.2, 0.25) is 0 Å². The molecule has 24 heteroatoms. The zero-order valence-corrected chi connectivity index (χ0v) is 34.1. The van der Waals surface area contributed by atoms with E-state index < -0.39 is 46.6 Å². The number of allylic oxidation sites excluding steroid dienone is 5. The van der Waals surface area contributed by atoms with Gasteiger partial charge < -0.3 is 60.3 Å². The van der Waals surface area contributed by atoms with Gasteiger partial charge in [-0.15, -0.1) is 0 Å². The summed E-state index contributed by atoms with van der Waals surface area (Å²) in [6.07, 6.45) is 9.29. The van der Waals surface area contributed by atoms with E-state index in [0.29, 0.717) is 6.42 Å². The van der Waals surface area contributed by atoms with Gasteiger partial charge in [0.05, 0.1) is 16.9 Å². The Hall–Kier alpha value is -3.46. The Balaban J connectivity index is -0.00000208. The van der Waals surface area contributed by atoms with Crippen LogP contribution in [-0.4, -0.2) is 48.4 Å². The van der Waals surface area contributed by atoms with E-state index >= 15 is 0 Å². The van der Waals surface area contributed by atoms with Crippen molar-refractivity contribution < 1.29 is 61.4 Å². The maximum Gasteiger partial charge on any atom is 0.524 e. The molecule has 0 saturated carbocycles. The van der Waals surface area contributed by atoms with E-state index in [4.69, 9.17) is 13.6 Å². The highest BCUT2D eigenvalue weighted by atomic mass is 31.2. The molecule has 0 radical (unpaired) electrons. The first-order valence-electron chi connectivity index (χ1n) is 14.8. The first-order valence-corrected chi connectivity index (χ1v) is 19.4. The van der Waals surface area contributed by atoms with E-state index in [1.165, 1.54) is 39.1 Å². The summed E-state index contributed by atoms with van der Waals surface area (Å²) in [5.41, 5.74) is 2.83. The number of hydrogen-bond donors (Lipinski definition) is 12. The Morgan fingerprint density at radius 3 is 1.67 bits per heavy atom.